The van der Waals surface area contributed by atoms with E-state index in [0.29, 0.717) is 0 Å². The maximum atomic E-state index is 4.21. The molecule has 0 aromatic carbocycles. The standard InChI is InChI=1S/C10H20Te2/c1-4-6-8-11-10(3)12-9-7-5-2/h3-9H2,1-2H3. The van der Waals surface area contributed by atoms with Gasteiger partial charge >= 0.3 is 98.6 Å². The Labute approximate surface area is 97.7 Å². The summed E-state index contributed by atoms with van der Waals surface area (Å²) in [5.74, 6) is 0. The fraction of sp³-hybridized carbons (Fsp3) is 0.800. The van der Waals surface area contributed by atoms with Gasteiger partial charge in [-0.25, -0.2) is 0 Å². The molecule has 0 heterocycles. The molecule has 12 heavy (non-hydrogen) atoms. The van der Waals surface area contributed by atoms with E-state index in [-0.39, 0.29) is 41.8 Å². The van der Waals surface area contributed by atoms with Gasteiger partial charge in [0.25, 0.3) is 0 Å². The molecule has 0 radical (unpaired) electrons. The zero-order valence-corrected chi connectivity index (χ0v) is 12.9. The van der Waals surface area contributed by atoms with E-state index in [0.717, 1.165) is 0 Å². The molecule has 2 heteroatoms. The van der Waals surface area contributed by atoms with Crippen molar-refractivity contribution in [3.63, 3.8) is 0 Å². The molecule has 0 aromatic heterocycles. The van der Waals surface area contributed by atoms with E-state index in [1.54, 1.807) is 1.67 Å². The molecule has 0 spiro atoms. The monoisotopic (exact) mass is 400 g/mol. The van der Waals surface area contributed by atoms with Gasteiger partial charge in [0.2, 0.25) is 0 Å². The van der Waals surface area contributed by atoms with Crippen LogP contribution in [-0.2, 0) is 0 Å². The van der Waals surface area contributed by atoms with Crippen molar-refractivity contribution in [3.05, 3.63) is 8.25 Å². The molecule has 0 atom stereocenters. The van der Waals surface area contributed by atoms with Crippen LogP contribution in [0.25, 0.3) is 0 Å². The van der Waals surface area contributed by atoms with Crippen LogP contribution in [0, 0.1) is 0 Å². The van der Waals surface area contributed by atoms with Gasteiger partial charge in [0.1, 0.15) is 0 Å². The third-order valence-electron chi connectivity index (χ3n) is 1.52. The Bertz CT molecular complexity index is 98.4. The second-order valence-electron chi connectivity index (χ2n) is 2.78. The van der Waals surface area contributed by atoms with Crippen molar-refractivity contribution in [1.29, 1.82) is 0 Å². The van der Waals surface area contributed by atoms with Crippen molar-refractivity contribution in [2.45, 2.75) is 48.5 Å². The topological polar surface area (TPSA) is 0 Å². The Hall–Kier alpha value is 1.32. The fourth-order valence-electron chi connectivity index (χ4n) is 0.702. The molecule has 0 N–H and O–H groups in total. The predicted molar refractivity (Wildman–Crippen MR) is 60.1 cm³/mol. The molecule has 0 nitrogen and oxygen atoms in total. The van der Waals surface area contributed by atoms with E-state index >= 15 is 0 Å². The molecule has 0 aliphatic rings. The summed E-state index contributed by atoms with van der Waals surface area (Å²) in [6, 6.07) is 0. The molecule has 0 rings (SSSR count). The van der Waals surface area contributed by atoms with Crippen molar-refractivity contribution in [3.8, 4) is 0 Å². The first-order valence-electron chi connectivity index (χ1n) is 4.75. The quantitative estimate of drug-likeness (QED) is 0.437. The average Bonchev–Trinajstić information content (AvgIpc) is 2.06. The maximum absolute atomic E-state index is 4.21. The van der Waals surface area contributed by atoms with Gasteiger partial charge in [-0.2, -0.15) is 0 Å². The number of hydrogen-bond acceptors (Lipinski definition) is 0. The minimum absolute atomic E-state index is 0.234. The molecule has 0 unspecified atom stereocenters. The molecule has 0 saturated carbocycles. The predicted octanol–water partition coefficient (Wildman–Crippen LogP) is 3.30. The van der Waals surface area contributed by atoms with Crippen molar-refractivity contribution < 1.29 is 0 Å². The normalized spacial score (nSPS) is 10.2. The van der Waals surface area contributed by atoms with Crippen LogP contribution in [0.4, 0.5) is 0 Å². The zero-order valence-electron chi connectivity index (χ0n) is 8.27. The summed E-state index contributed by atoms with van der Waals surface area (Å²) in [4.78, 5) is 0. The third-order valence-corrected chi connectivity index (χ3v) is 10.7. The first-order chi connectivity index (χ1) is 5.81. The van der Waals surface area contributed by atoms with Crippen LogP contribution < -0.4 is 0 Å². The Kier molecular flexibility index (Phi) is 11.5. The van der Waals surface area contributed by atoms with E-state index in [4.69, 9.17) is 0 Å². The average molecular weight is 395 g/mol. The summed E-state index contributed by atoms with van der Waals surface area (Å²) in [6.07, 6.45) is 5.63. The molecule has 0 saturated heterocycles. The van der Waals surface area contributed by atoms with Gasteiger partial charge < -0.3 is 0 Å². The van der Waals surface area contributed by atoms with Crippen LogP contribution in [0.5, 0.6) is 0 Å². The molecule has 72 valence electrons. The summed E-state index contributed by atoms with van der Waals surface area (Å²) in [5.41, 5.74) is 0. The molecule has 0 bridgehead atoms. The molecule has 0 aromatic rings. The van der Waals surface area contributed by atoms with Gasteiger partial charge in [-0.15, -0.1) is 0 Å². The van der Waals surface area contributed by atoms with Crippen LogP contribution in [0.15, 0.2) is 8.25 Å². The first-order valence-corrected chi connectivity index (χ1v) is 10.4. The van der Waals surface area contributed by atoms with Gasteiger partial charge in [0.05, 0.1) is 0 Å². The number of hydrogen-bond donors (Lipinski definition) is 0. The van der Waals surface area contributed by atoms with Crippen molar-refractivity contribution in [2.75, 3.05) is 0 Å². The van der Waals surface area contributed by atoms with E-state index in [1.807, 2.05) is 0 Å². The number of rotatable bonds is 8. The van der Waals surface area contributed by atoms with Crippen molar-refractivity contribution >= 4 is 41.8 Å². The molecular weight excluding hydrogens is 375 g/mol. The van der Waals surface area contributed by atoms with Crippen molar-refractivity contribution in [2.24, 2.45) is 0 Å². The summed E-state index contributed by atoms with van der Waals surface area (Å²) in [6.45, 7) is 8.78. The Morgan fingerprint density at radius 2 is 1.42 bits per heavy atom. The second-order valence-corrected chi connectivity index (χ2v) is 12.1. The Morgan fingerprint density at radius 1 is 1.00 bits per heavy atom. The van der Waals surface area contributed by atoms with Gasteiger partial charge in [-0.05, 0) is 0 Å². The van der Waals surface area contributed by atoms with E-state index in [1.165, 1.54) is 34.6 Å². The summed E-state index contributed by atoms with van der Waals surface area (Å²) in [7, 11) is 0. The fourth-order valence-corrected chi connectivity index (χ4v) is 9.50. The van der Waals surface area contributed by atoms with Crippen LogP contribution in [0.2, 0.25) is 8.94 Å². The minimum atomic E-state index is 0.234. The van der Waals surface area contributed by atoms with Crippen LogP contribution in [0.1, 0.15) is 39.5 Å². The molecular formula is C10H20Te2. The Balaban J connectivity index is 3.10. The van der Waals surface area contributed by atoms with Gasteiger partial charge in [0, 0.05) is 0 Å². The summed E-state index contributed by atoms with van der Waals surface area (Å²) >= 11 is 0.469. The van der Waals surface area contributed by atoms with E-state index in [2.05, 4.69) is 20.4 Å². The third kappa shape index (κ3) is 9.41. The zero-order chi connectivity index (χ0) is 9.23. The van der Waals surface area contributed by atoms with Gasteiger partial charge in [-0.3, -0.25) is 0 Å². The Morgan fingerprint density at radius 3 is 1.75 bits per heavy atom. The summed E-state index contributed by atoms with van der Waals surface area (Å²) < 4.78 is 4.75. The van der Waals surface area contributed by atoms with Gasteiger partial charge in [0.15, 0.2) is 0 Å². The SMILES string of the molecule is C=C([Te]CCCC)[Te]CCCC. The molecule has 0 fully saturated rings. The van der Waals surface area contributed by atoms with E-state index < -0.39 is 0 Å². The molecule has 0 aliphatic carbocycles. The first kappa shape index (κ1) is 13.3. The van der Waals surface area contributed by atoms with E-state index in [9.17, 15) is 0 Å². The van der Waals surface area contributed by atoms with Crippen molar-refractivity contribution in [1.82, 2.24) is 0 Å². The van der Waals surface area contributed by atoms with Crippen LogP contribution in [-0.4, -0.2) is 41.8 Å². The summed E-state index contributed by atoms with van der Waals surface area (Å²) in [5, 5.41) is 0. The molecule has 0 amide bonds. The number of unbranched alkanes of at least 4 members (excludes halogenated alkanes) is 2. The van der Waals surface area contributed by atoms with Gasteiger partial charge in [-0.1, -0.05) is 0 Å². The molecule has 0 aliphatic heterocycles. The van der Waals surface area contributed by atoms with Crippen LogP contribution in [0.3, 0.4) is 0 Å². The van der Waals surface area contributed by atoms with Crippen LogP contribution >= 0.6 is 0 Å². The second kappa shape index (κ2) is 10.4.